The van der Waals surface area contributed by atoms with Gasteiger partial charge in [-0.1, -0.05) is 20.8 Å². The summed E-state index contributed by atoms with van der Waals surface area (Å²) < 4.78 is 5.87. The molecule has 120 valence electrons. The smallest absolute Gasteiger partial charge is 0.208 e. The number of hydrogen-bond acceptors (Lipinski definition) is 5. The van der Waals surface area contributed by atoms with Crippen molar-refractivity contribution in [2.75, 3.05) is 26.2 Å². The molecule has 1 aliphatic heterocycles. The van der Waals surface area contributed by atoms with Crippen LogP contribution < -0.4 is 0 Å². The summed E-state index contributed by atoms with van der Waals surface area (Å²) in [4.78, 5) is 9.13. The number of rotatable bonds is 4. The van der Waals surface area contributed by atoms with Crippen LogP contribution in [0.2, 0.25) is 0 Å². The molecule has 0 unspecified atom stereocenters. The highest BCUT2D eigenvalue weighted by atomic mass is 16.4. The molecule has 1 aromatic rings. The maximum Gasteiger partial charge on any atom is 0.208 e. The van der Waals surface area contributed by atoms with E-state index >= 15 is 0 Å². The topological polar surface area (TPSA) is 52.7 Å². The summed E-state index contributed by atoms with van der Waals surface area (Å²) in [5.74, 6) is 1.74. The highest BCUT2D eigenvalue weighted by molar-refractivity contribution is 5.06. The maximum absolute atomic E-state index is 9.52. The van der Waals surface area contributed by atoms with Gasteiger partial charge in [-0.15, -0.1) is 0 Å². The van der Waals surface area contributed by atoms with Crippen molar-refractivity contribution in [3.05, 3.63) is 17.8 Å². The first kappa shape index (κ1) is 16.5. The molecule has 1 saturated heterocycles. The summed E-state index contributed by atoms with van der Waals surface area (Å²) in [6.07, 6.45) is 1.59. The Bertz CT molecular complexity index is 451. The molecule has 1 aromatic heterocycles. The van der Waals surface area contributed by atoms with Crippen molar-refractivity contribution in [3.63, 3.8) is 0 Å². The molecular formula is C16H29N3O2. The van der Waals surface area contributed by atoms with Gasteiger partial charge in [0.25, 0.3) is 0 Å². The van der Waals surface area contributed by atoms with Gasteiger partial charge in [-0.3, -0.25) is 9.80 Å². The SMILES string of the molecule is C[C@@H](O)CN1CCN(Cc2ncc(C(C)(C)C)o2)C[C@@H]1C. The standard InChI is InChI=1S/C16H29N3O2/c1-12-9-18(6-7-19(12)10-13(2)20)11-15-17-8-14(21-15)16(3,4)5/h8,12-13,20H,6-7,9-11H2,1-5H3/t12-,13+/m0/s1. The van der Waals surface area contributed by atoms with E-state index in [1.165, 1.54) is 0 Å². The molecule has 2 heterocycles. The van der Waals surface area contributed by atoms with Gasteiger partial charge in [0.15, 0.2) is 0 Å². The zero-order chi connectivity index (χ0) is 15.6. The molecule has 0 aliphatic carbocycles. The third-order valence-corrected chi connectivity index (χ3v) is 4.00. The summed E-state index contributed by atoms with van der Waals surface area (Å²) in [5.41, 5.74) is 0.00844. The Balaban J connectivity index is 1.89. The van der Waals surface area contributed by atoms with Crippen molar-refractivity contribution in [1.82, 2.24) is 14.8 Å². The Labute approximate surface area is 127 Å². The number of aromatic nitrogens is 1. The second-order valence-corrected chi connectivity index (χ2v) is 7.30. The fourth-order valence-corrected chi connectivity index (χ4v) is 2.75. The van der Waals surface area contributed by atoms with E-state index < -0.39 is 0 Å². The Morgan fingerprint density at radius 2 is 2.14 bits per heavy atom. The molecular weight excluding hydrogens is 266 g/mol. The van der Waals surface area contributed by atoms with Crippen LogP contribution in [-0.2, 0) is 12.0 Å². The van der Waals surface area contributed by atoms with E-state index in [0.29, 0.717) is 6.04 Å². The van der Waals surface area contributed by atoms with Crippen molar-refractivity contribution >= 4 is 0 Å². The second kappa shape index (κ2) is 6.46. The van der Waals surface area contributed by atoms with Gasteiger partial charge in [0, 0.05) is 37.6 Å². The highest BCUT2D eigenvalue weighted by Gasteiger charge is 2.26. The summed E-state index contributed by atoms with van der Waals surface area (Å²) in [6, 6.07) is 0.449. The fourth-order valence-electron chi connectivity index (χ4n) is 2.75. The van der Waals surface area contributed by atoms with E-state index in [1.807, 2.05) is 13.1 Å². The minimum absolute atomic E-state index is 0.00844. The van der Waals surface area contributed by atoms with E-state index in [4.69, 9.17) is 4.42 Å². The van der Waals surface area contributed by atoms with Gasteiger partial charge in [0.1, 0.15) is 5.76 Å². The molecule has 2 atom stereocenters. The van der Waals surface area contributed by atoms with Gasteiger partial charge in [-0.2, -0.15) is 0 Å². The number of piperazine rings is 1. The highest BCUT2D eigenvalue weighted by Crippen LogP contribution is 2.23. The first-order valence-electron chi connectivity index (χ1n) is 7.85. The minimum Gasteiger partial charge on any atom is -0.444 e. The minimum atomic E-state index is -0.264. The molecule has 0 amide bonds. The van der Waals surface area contributed by atoms with Gasteiger partial charge < -0.3 is 9.52 Å². The van der Waals surface area contributed by atoms with E-state index in [0.717, 1.165) is 44.4 Å². The predicted octanol–water partition coefficient (Wildman–Crippen LogP) is 1.86. The summed E-state index contributed by atoms with van der Waals surface area (Å²) in [5, 5.41) is 9.52. The molecule has 0 saturated carbocycles. The first-order chi connectivity index (χ1) is 9.75. The average Bonchev–Trinajstić information content (AvgIpc) is 2.80. The van der Waals surface area contributed by atoms with Gasteiger partial charge >= 0.3 is 0 Å². The molecule has 0 radical (unpaired) electrons. The van der Waals surface area contributed by atoms with Gasteiger partial charge in [-0.05, 0) is 13.8 Å². The maximum atomic E-state index is 9.52. The Hall–Kier alpha value is -0.910. The molecule has 1 aliphatic rings. The Morgan fingerprint density at radius 1 is 1.43 bits per heavy atom. The van der Waals surface area contributed by atoms with E-state index in [1.54, 1.807) is 0 Å². The molecule has 0 spiro atoms. The lowest BCUT2D eigenvalue weighted by molar-refractivity contribution is 0.0390. The molecule has 1 N–H and O–H groups in total. The van der Waals surface area contributed by atoms with Crippen LogP contribution in [0.4, 0.5) is 0 Å². The van der Waals surface area contributed by atoms with Crippen LogP contribution in [0.15, 0.2) is 10.6 Å². The van der Waals surface area contributed by atoms with Crippen molar-refractivity contribution in [2.45, 2.75) is 58.7 Å². The fraction of sp³-hybridized carbons (Fsp3) is 0.812. The zero-order valence-electron chi connectivity index (χ0n) is 14.0. The first-order valence-corrected chi connectivity index (χ1v) is 7.85. The van der Waals surface area contributed by atoms with Crippen LogP contribution in [0.25, 0.3) is 0 Å². The largest absolute Gasteiger partial charge is 0.444 e. The lowest BCUT2D eigenvalue weighted by Gasteiger charge is -2.39. The molecule has 0 bridgehead atoms. The lowest BCUT2D eigenvalue weighted by Crippen LogP contribution is -2.53. The monoisotopic (exact) mass is 295 g/mol. The van der Waals surface area contributed by atoms with Crippen LogP contribution in [-0.4, -0.2) is 58.2 Å². The molecule has 0 aromatic carbocycles. The quantitative estimate of drug-likeness (QED) is 0.919. The number of hydrogen-bond donors (Lipinski definition) is 1. The summed E-state index contributed by atoms with van der Waals surface area (Å²) in [7, 11) is 0. The molecule has 5 heteroatoms. The molecule has 21 heavy (non-hydrogen) atoms. The Kier molecular flexibility index (Phi) is 5.07. The van der Waals surface area contributed by atoms with Gasteiger partial charge in [0.2, 0.25) is 5.89 Å². The number of β-amino-alcohol motifs (C(OH)–C–C–N with tert-alkyl or cyclic N) is 1. The summed E-state index contributed by atoms with van der Waals surface area (Å²) >= 11 is 0. The summed E-state index contributed by atoms with van der Waals surface area (Å²) in [6.45, 7) is 14.9. The number of aliphatic hydroxyl groups excluding tert-OH is 1. The van der Waals surface area contributed by atoms with Crippen LogP contribution >= 0.6 is 0 Å². The molecule has 5 nitrogen and oxygen atoms in total. The number of oxazole rings is 1. The second-order valence-electron chi connectivity index (χ2n) is 7.30. The van der Waals surface area contributed by atoms with Crippen LogP contribution in [0, 0.1) is 0 Å². The van der Waals surface area contributed by atoms with Crippen molar-refractivity contribution in [1.29, 1.82) is 0 Å². The molecule has 2 rings (SSSR count). The van der Waals surface area contributed by atoms with E-state index in [-0.39, 0.29) is 11.5 Å². The van der Waals surface area contributed by atoms with Crippen LogP contribution in [0.5, 0.6) is 0 Å². The normalized spacial score (nSPS) is 23.4. The van der Waals surface area contributed by atoms with Crippen molar-refractivity contribution in [2.24, 2.45) is 0 Å². The number of nitrogens with zero attached hydrogens (tertiary/aromatic N) is 3. The van der Waals surface area contributed by atoms with Crippen molar-refractivity contribution < 1.29 is 9.52 Å². The van der Waals surface area contributed by atoms with Crippen molar-refractivity contribution in [3.8, 4) is 0 Å². The van der Waals surface area contributed by atoms with Crippen LogP contribution in [0.1, 0.15) is 46.3 Å². The van der Waals surface area contributed by atoms with Crippen LogP contribution in [0.3, 0.4) is 0 Å². The van der Waals surface area contributed by atoms with E-state index in [2.05, 4.69) is 42.5 Å². The third kappa shape index (κ3) is 4.53. The molecule has 1 fully saturated rings. The predicted molar refractivity (Wildman–Crippen MR) is 83.2 cm³/mol. The lowest BCUT2D eigenvalue weighted by atomic mass is 9.94. The third-order valence-electron chi connectivity index (χ3n) is 4.00. The number of aliphatic hydroxyl groups is 1. The van der Waals surface area contributed by atoms with Gasteiger partial charge in [-0.25, -0.2) is 4.98 Å². The van der Waals surface area contributed by atoms with Gasteiger partial charge in [0.05, 0.1) is 18.8 Å². The zero-order valence-corrected chi connectivity index (χ0v) is 14.0. The average molecular weight is 295 g/mol. The Morgan fingerprint density at radius 3 is 2.67 bits per heavy atom. The van der Waals surface area contributed by atoms with E-state index in [9.17, 15) is 5.11 Å².